The molecule has 29 heavy (non-hydrogen) atoms. The number of rotatable bonds is 10. The molecule has 0 aromatic carbocycles. The van der Waals surface area contributed by atoms with Crippen molar-refractivity contribution in [3.05, 3.63) is 41.5 Å². The molecule has 0 atom stereocenters. The third-order valence-electron chi connectivity index (χ3n) is 4.00. The van der Waals surface area contributed by atoms with Crippen molar-refractivity contribution in [2.24, 2.45) is 4.99 Å². The topological polar surface area (TPSA) is 122 Å². The predicted octanol–water partition coefficient (Wildman–Crippen LogP) is 1.85. The normalized spacial score (nSPS) is 11.8. The molecule has 0 fully saturated rings. The Labute approximate surface area is 189 Å². The van der Waals surface area contributed by atoms with Gasteiger partial charge in [-0.2, -0.15) is 0 Å². The summed E-state index contributed by atoms with van der Waals surface area (Å²) in [5.41, 5.74) is 1.93. The maximum atomic E-state index is 12.2. The van der Waals surface area contributed by atoms with Crippen molar-refractivity contribution in [3.63, 3.8) is 0 Å². The fourth-order valence-electron chi connectivity index (χ4n) is 2.57. The SMILES string of the molecule is CCNC(=NCc1c(CC)noc1CC)NCCNS(=O)(=O)c1cccnc1.I. The van der Waals surface area contributed by atoms with Crippen LogP contribution in [0.5, 0.6) is 0 Å². The van der Waals surface area contributed by atoms with Gasteiger partial charge in [-0.25, -0.2) is 18.1 Å². The van der Waals surface area contributed by atoms with E-state index in [1.54, 1.807) is 6.07 Å². The first kappa shape index (κ1) is 25.3. The smallest absolute Gasteiger partial charge is 0.242 e. The van der Waals surface area contributed by atoms with Crippen LogP contribution in [-0.2, 0) is 29.4 Å². The van der Waals surface area contributed by atoms with Crippen LogP contribution < -0.4 is 15.4 Å². The van der Waals surface area contributed by atoms with Gasteiger partial charge in [0.2, 0.25) is 10.0 Å². The first-order valence-electron chi connectivity index (χ1n) is 9.39. The van der Waals surface area contributed by atoms with E-state index in [1.807, 2.05) is 20.8 Å². The molecular formula is C18H29IN6O3S. The molecule has 9 nitrogen and oxygen atoms in total. The summed E-state index contributed by atoms with van der Waals surface area (Å²) < 4.78 is 32.3. The standard InChI is InChI=1S/C18H28N6O3S.HI/c1-4-16-15(17(5-2)27-24-16)13-22-18(20-6-3)21-10-11-23-28(25,26)14-8-7-9-19-12-14;/h7-9,12,23H,4-6,10-11,13H2,1-3H3,(H2,20,21,22);1H. The lowest BCUT2D eigenvalue weighted by molar-refractivity contribution is 0.380. The van der Waals surface area contributed by atoms with Crippen molar-refractivity contribution in [1.29, 1.82) is 0 Å². The molecule has 2 aromatic rings. The molecule has 2 rings (SSSR count). The number of aromatic nitrogens is 2. The minimum atomic E-state index is -3.57. The van der Waals surface area contributed by atoms with E-state index < -0.39 is 10.0 Å². The molecule has 162 valence electrons. The fraction of sp³-hybridized carbons (Fsp3) is 0.500. The molecule has 0 aliphatic rings. The molecule has 0 bridgehead atoms. The summed E-state index contributed by atoms with van der Waals surface area (Å²) in [7, 11) is -3.57. The van der Waals surface area contributed by atoms with Crippen LogP contribution in [-0.4, -0.2) is 44.2 Å². The average Bonchev–Trinajstić information content (AvgIpc) is 3.12. The second-order valence-corrected chi connectivity index (χ2v) is 7.71. The fourth-order valence-corrected chi connectivity index (χ4v) is 3.57. The summed E-state index contributed by atoms with van der Waals surface area (Å²) in [6.07, 6.45) is 4.40. The molecule has 0 unspecified atom stereocenters. The van der Waals surface area contributed by atoms with Gasteiger partial charge < -0.3 is 15.2 Å². The third-order valence-corrected chi connectivity index (χ3v) is 5.45. The van der Waals surface area contributed by atoms with Crippen LogP contribution in [0, 0.1) is 0 Å². The van der Waals surface area contributed by atoms with Gasteiger partial charge in [0.05, 0.1) is 12.2 Å². The van der Waals surface area contributed by atoms with Crippen LogP contribution >= 0.6 is 24.0 Å². The second kappa shape index (κ2) is 12.8. The van der Waals surface area contributed by atoms with E-state index in [4.69, 9.17) is 4.52 Å². The minimum Gasteiger partial charge on any atom is -0.361 e. The summed E-state index contributed by atoms with van der Waals surface area (Å²) in [4.78, 5) is 8.55. The largest absolute Gasteiger partial charge is 0.361 e. The molecule has 11 heteroatoms. The van der Waals surface area contributed by atoms with Gasteiger partial charge in [0.1, 0.15) is 10.7 Å². The number of hydrogen-bond donors (Lipinski definition) is 3. The van der Waals surface area contributed by atoms with Crippen molar-refractivity contribution in [3.8, 4) is 0 Å². The number of nitrogens with one attached hydrogen (secondary N) is 3. The maximum absolute atomic E-state index is 12.2. The van der Waals surface area contributed by atoms with Crippen LogP contribution in [0.2, 0.25) is 0 Å². The third kappa shape index (κ3) is 7.55. The lowest BCUT2D eigenvalue weighted by Gasteiger charge is -2.12. The molecule has 2 heterocycles. The van der Waals surface area contributed by atoms with Crippen molar-refractivity contribution in [1.82, 2.24) is 25.5 Å². The molecular weight excluding hydrogens is 507 g/mol. The Bertz CT molecular complexity index is 849. The first-order chi connectivity index (χ1) is 13.5. The Balaban J connectivity index is 0.00000420. The second-order valence-electron chi connectivity index (χ2n) is 5.95. The van der Waals surface area contributed by atoms with Crippen LogP contribution in [0.1, 0.15) is 37.8 Å². The van der Waals surface area contributed by atoms with E-state index in [-0.39, 0.29) is 35.4 Å². The van der Waals surface area contributed by atoms with Gasteiger partial charge in [0.25, 0.3) is 0 Å². The van der Waals surface area contributed by atoms with Gasteiger partial charge in [0.15, 0.2) is 5.96 Å². The molecule has 3 N–H and O–H groups in total. The molecule has 0 aliphatic carbocycles. The molecule has 0 spiro atoms. The Kier molecular flexibility index (Phi) is 11.1. The number of hydrogen-bond acceptors (Lipinski definition) is 6. The van der Waals surface area contributed by atoms with E-state index in [2.05, 4.69) is 30.5 Å². The maximum Gasteiger partial charge on any atom is 0.242 e. The Hall–Kier alpha value is -1.73. The summed E-state index contributed by atoms with van der Waals surface area (Å²) >= 11 is 0. The quantitative estimate of drug-likeness (QED) is 0.183. The van der Waals surface area contributed by atoms with Gasteiger partial charge in [0, 0.05) is 44.0 Å². The van der Waals surface area contributed by atoms with Crippen LogP contribution in [0.15, 0.2) is 38.9 Å². The summed E-state index contributed by atoms with van der Waals surface area (Å²) in [5, 5.41) is 10.4. The molecule has 0 saturated heterocycles. The molecule has 0 radical (unpaired) electrons. The van der Waals surface area contributed by atoms with E-state index in [0.29, 0.717) is 25.6 Å². The van der Waals surface area contributed by atoms with Gasteiger partial charge in [-0.15, -0.1) is 24.0 Å². The number of aliphatic imine (C=N–C) groups is 1. The van der Waals surface area contributed by atoms with E-state index in [1.165, 1.54) is 18.5 Å². The van der Waals surface area contributed by atoms with Gasteiger partial charge in [-0.05, 0) is 25.5 Å². The van der Waals surface area contributed by atoms with Crippen molar-refractivity contribution < 1.29 is 12.9 Å². The first-order valence-corrected chi connectivity index (χ1v) is 10.9. The highest BCUT2D eigenvalue weighted by Crippen LogP contribution is 2.16. The van der Waals surface area contributed by atoms with Gasteiger partial charge in [-0.3, -0.25) is 4.98 Å². The molecule has 0 saturated carbocycles. The monoisotopic (exact) mass is 536 g/mol. The van der Waals surface area contributed by atoms with E-state index in [0.717, 1.165) is 29.9 Å². The van der Waals surface area contributed by atoms with E-state index >= 15 is 0 Å². The average molecular weight is 536 g/mol. The van der Waals surface area contributed by atoms with Crippen LogP contribution in [0.4, 0.5) is 0 Å². The zero-order valence-electron chi connectivity index (χ0n) is 16.9. The number of guanidine groups is 1. The summed E-state index contributed by atoms with van der Waals surface area (Å²) in [5.74, 6) is 1.45. The van der Waals surface area contributed by atoms with Crippen molar-refractivity contribution in [2.45, 2.75) is 45.1 Å². The van der Waals surface area contributed by atoms with E-state index in [9.17, 15) is 8.42 Å². The summed E-state index contributed by atoms with van der Waals surface area (Å²) in [6.45, 7) is 7.76. The lowest BCUT2D eigenvalue weighted by atomic mass is 10.1. The van der Waals surface area contributed by atoms with Crippen LogP contribution in [0.3, 0.4) is 0 Å². The highest BCUT2D eigenvalue weighted by Gasteiger charge is 2.14. The number of halogens is 1. The number of sulfonamides is 1. The summed E-state index contributed by atoms with van der Waals surface area (Å²) in [6, 6.07) is 3.09. The van der Waals surface area contributed by atoms with Crippen molar-refractivity contribution in [2.75, 3.05) is 19.6 Å². The Morgan fingerprint density at radius 2 is 1.97 bits per heavy atom. The number of nitrogens with zero attached hydrogens (tertiary/aromatic N) is 3. The molecule has 2 aromatic heterocycles. The number of pyridine rings is 1. The van der Waals surface area contributed by atoms with Gasteiger partial charge in [-0.1, -0.05) is 19.0 Å². The minimum absolute atomic E-state index is 0. The number of aryl methyl sites for hydroxylation is 2. The van der Waals surface area contributed by atoms with Crippen molar-refractivity contribution >= 4 is 40.0 Å². The molecule has 0 amide bonds. The zero-order valence-corrected chi connectivity index (χ0v) is 20.1. The lowest BCUT2D eigenvalue weighted by Crippen LogP contribution is -2.41. The molecule has 0 aliphatic heterocycles. The Morgan fingerprint density at radius 1 is 1.17 bits per heavy atom. The van der Waals surface area contributed by atoms with Crippen LogP contribution in [0.25, 0.3) is 0 Å². The van der Waals surface area contributed by atoms with Gasteiger partial charge >= 0.3 is 0 Å². The zero-order chi connectivity index (χ0) is 20.4. The highest BCUT2D eigenvalue weighted by atomic mass is 127. The Morgan fingerprint density at radius 3 is 2.59 bits per heavy atom. The highest BCUT2D eigenvalue weighted by molar-refractivity contribution is 14.0. The predicted molar refractivity (Wildman–Crippen MR) is 123 cm³/mol.